The Balaban J connectivity index is 1.95. The molecular weight excluding hydrogens is 370 g/mol. The highest BCUT2D eigenvalue weighted by Crippen LogP contribution is 2.26. The van der Waals surface area contributed by atoms with E-state index in [1.807, 2.05) is 48.5 Å². The molecule has 0 aliphatic carbocycles. The molecule has 24 heavy (non-hydrogen) atoms. The summed E-state index contributed by atoms with van der Waals surface area (Å²) in [6.45, 7) is 4.02. The minimum absolute atomic E-state index is 0.232. The number of carbonyl (C=O) groups is 1. The van der Waals surface area contributed by atoms with Crippen LogP contribution in [0.5, 0.6) is 5.75 Å². The van der Waals surface area contributed by atoms with Gasteiger partial charge in [-0.3, -0.25) is 0 Å². The molecule has 0 amide bonds. The van der Waals surface area contributed by atoms with Crippen LogP contribution in [0, 0.1) is 0 Å². The van der Waals surface area contributed by atoms with E-state index >= 15 is 0 Å². The average molecular weight is 384 g/mol. The van der Waals surface area contributed by atoms with E-state index < -0.39 is 5.97 Å². The molecule has 0 unspecified atom stereocenters. The molecule has 5 heteroatoms. The molecule has 0 atom stereocenters. The van der Waals surface area contributed by atoms with E-state index in [-0.39, 0.29) is 11.6 Å². The molecule has 3 rings (SSSR count). The summed E-state index contributed by atoms with van der Waals surface area (Å²) in [5.41, 5.74) is 1.71. The van der Waals surface area contributed by atoms with E-state index in [2.05, 4.69) is 27.5 Å². The van der Waals surface area contributed by atoms with Gasteiger partial charge in [-0.25, -0.2) is 9.79 Å². The first-order valence-corrected chi connectivity index (χ1v) is 8.08. The minimum atomic E-state index is -0.487. The van der Waals surface area contributed by atoms with Crippen molar-refractivity contribution in [3.63, 3.8) is 0 Å². The van der Waals surface area contributed by atoms with E-state index in [9.17, 15) is 4.79 Å². The summed E-state index contributed by atoms with van der Waals surface area (Å²) in [6.07, 6.45) is 3.32. The second-order valence-corrected chi connectivity index (χ2v) is 5.81. The number of carbonyl (C=O) groups excluding carboxylic acids is 1. The molecule has 1 aliphatic heterocycles. The zero-order chi connectivity index (χ0) is 16.9. The number of para-hydroxylation sites is 1. The third kappa shape index (κ3) is 3.46. The molecule has 1 aliphatic rings. The molecule has 0 radical (unpaired) electrons. The number of esters is 1. The third-order valence-electron chi connectivity index (χ3n) is 3.29. The summed E-state index contributed by atoms with van der Waals surface area (Å²) in [6, 6.07) is 14.9. The van der Waals surface area contributed by atoms with Crippen LogP contribution in [0.25, 0.3) is 6.08 Å². The van der Waals surface area contributed by atoms with Gasteiger partial charge in [0.05, 0.1) is 5.56 Å². The maximum absolute atomic E-state index is 12.1. The predicted molar refractivity (Wildman–Crippen MR) is 96.9 cm³/mol. The molecule has 2 aromatic carbocycles. The Hall–Kier alpha value is -2.66. The van der Waals surface area contributed by atoms with Gasteiger partial charge in [0.25, 0.3) is 0 Å². The van der Waals surface area contributed by atoms with Crippen LogP contribution in [-0.4, -0.2) is 18.5 Å². The Bertz CT molecular complexity index is 855. The van der Waals surface area contributed by atoms with Crippen molar-refractivity contribution in [2.45, 2.75) is 0 Å². The zero-order valence-electron chi connectivity index (χ0n) is 12.7. The van der Waals surface area contributed by atoms with Gasteiger partial charge in [-0.2, -0.15) is 0 Å². The SMILES string of the molecule is C=CCOc1ccccc1/C=C1/N=C(c2ccccc2Br)OC1=O. The Morgan fingerprint density at radius 3 is 2.71 bits per heavy atom. The monoisotopic (exact) mass is 383 g/mol. The Morgan fingerprint density at radius 2 is 1.92 bits per heavy atom. The largest absolute Gasteiger partial charge is 0.489 e. The lowest BCUT2D eigenvalue weighted by Crippen LogP contribution is -2.05. The molecule has 2 aromatic rings. The molecule has 120 valence electrons. The number of hydrogen-bond acceptors (Lipinski definition) is 4. The van der Waals surface area contributed by atoms with Gasteiger partial charge in [0.1, 0.15) is 12.4 Å². The molecule has 0 bridgehead atoms. The molecule has 0 N–H and O–H groups in total. The molecule has 0 aromatic heterocycles. The van der Waals surface area contributed by atoms with Gasteiger partial charge >= 0.3 is 5.97 Å². The fourth-order valence-corrected chi connectivity index (χ4v) is 2.64. The number of hydrogen-bond donors (Lipinski definition) is 0. The molecule has 4 nitrogen and oxygen atoms in total. The van der Waals surface area contributed by atoms with Crippen LogP contribution < -0.4 is 4.74 Å². The van der Waals surface area contributed by atoms with Crippen molar-refractivity contribution in [1.29, 1.82) is 0 Å². The van der Waals surface area contributed by atoms with Crippen molar-refractivity contribution >= 4 is 33.9 Å². The van der Waals surface area contributed by atoms with E-state index in [4.69, 9.17) is 9.47 Å². The summed E-state index contributed by atoms with van der Waals surface area (Å²) >= 11 is 3.43. The van der Waals surface area contributed by atoms with E-state index in [0.717, 1.165) is 15.6 Å². The Kier molecular flexibility index (Phi) is 4.91. The average Bonchev–Trinajstić information content (AvgIpc) is 2.95. The number of rotatable bonds is 5. The van der Waals surface area contributed by atoms with Crippen LogP contribution in [0.4, 0.5) is 0 Å². The fourth-order valence-electron chi connectivity index (χ4n) is 2.19. The van der Waals surface area contributed by atoms with Crippen LogP contribution in [0.15, 0.2) is 76.3 Å². The van der Waals surface area contributed by atoms with Gasteiger partial charge in [0, 0.05) is 10.0 Å². The number of benzene rings is 2. The topological polar surface area (TPSA) is 47.9 Å². The molecular formula is C19H14BrNO3. The van der Waals surface area contributed by atoms with Gasteiger partial charge < -0.3 is 9.47 Å². The molecule has 0 fully saturated rings. The maximum Gasteiger partial charge on any atom is 0.363 e. The van der Waals surface area contributed by atoms with Gasteiger partial charge in [-0.1, -0.05) is 43.0 Å². The van der Waals surface area contributed by atoms with Crippen molar-refractivity contribution in [3.05, 3.63) is 82.5 Å². The summed E-state index contributed by atoms with van der Waals surface area (Å²) in [5.74, 6) is 0.449. The first-order valence-electron chi connectivity index (χ1n) is 7.29. The van der Waals surface area contributed by atoms with Gasteiger partial charge in [-0.05, 0) is 40.2 Å². The van der Waals surface area contributed by atoms with E-state index in [1.165, 1.54) is 0 Å². The second kappa shape index (κ2) is 7.27. The van der Waals surface area contributed by atoms with E-state index in [0.29, 0.717) is 12.4 Å². The van der Waals surface area contributed by atoms with E-state index in [1.54, 1.807) is 12.2 Å². The van der Waals surface area contributed by atoms with Gasteiger partial charge in [0.2, 0.25) is 5.90 Å². The summed E-state index contributed by atoms with van der Waals surface area (Å²) in [5, 5.41) is 0. The fraction of sp³-hybridized carbons (Fsp3) is 0.0526. The van der Waals surface area contributed by atoms with Crippen LogP contribution in [0.2, 0.25) is 0 Å². The van der Waals surface area contributed by atoms with Crippen molar-refractivity contribution < 1.29 is 14.3 Å². The predicted octanol–water partition coefficient (Wildman–Crippen LogP) is 4.36. The quantitative estimate of drug-likeness (QED) is 0.437. The highest BCUT2D eigenvalue weighted by molar-refractivity contribution is 9.10. The summed E-state index contributed by atoms with van der Waals surface area (Å²) < 4.78 is 11.7. The molecule has 0 saturated heterocycles. The smallest absolute Gasteiger partial charge is 0.363 e. The normalized spacial score (nSPS) is 15.1. The molecule has 0 spiro atoms. The standard InChI is InChI=1S/C19H14BrNO3/c1-2-11-23-17-10-6-3-7-13(17)12-16-19(22)24-18(21-16)14-8-4-5-9-15(14)20/h2-10,12H,1,11H2/b16-12+. The number of aliphatic imine (C=N–C) groups is 1. The lowest BCUT2D eigenvalue weighted by Gasteiger charge is -2.06. The minimum Gasteiger partial charge on any atom is -0.489 e. The highest BCUT2D eigenvalue weighted by atomic mass is 79.9. The van der Waals surface area contributed by atoms with Crippen molar-refractivity contribution in [2.24, 2.45) is 4.99 Å². The highest BCUT2D eigenvalue weighted by Gasteiger charge is 2.25. The van der Waals surface area contributed by atoms with Crippen LogP contribution in [-0.2, 0) is 9.53 Å². The van der Waals surface area contributed by atoms with Crippen LogP contribution >= 0.6 is 15.9 Å². The zero-order valence-corrected chi connectivity index (χ0v) is 14.3. The third-order valence-corrected chi connectivity index (χ3v) is 3.98. The lowest BCUT2D eigenvalue weighted by atomic mass is 10.1. The van der Waals surface area contributed by atoms with Crippen molar-refractivity contribution in [3.8, 4) is 5.75 Å². The number of halogens is 1. The first kappa shape index (κ1) is 16.2. The van der Waals surface area contributed by atoms with Crippen LogP contribution in [0.3, 0.4) is 0 Å². The number of nitrogens with zero attached hydrogens (tertiary/aromatic N) is 1. The Morgan fingerprint density at radius 1 is 1.17 bits per heavy atom. The van der Waals surface area contributed by atoms with Crippen molar-refractivity contribution in [2.75, 3.05) is 6.61 Å². The summed E-state index contributed by atoms with van der Waals surface area (Å²) in [7, 11) is 0. The van der Waals surface area contributed by atoms with Crippen LogP contribution in [0.1, 0.15) is 11.1 Å². The summed E-state index contributed by atoms with van der Waals surface area (Å²) in [4.78, 5) is 16.4. The maximum atomic E-state index is 12.1. The Labute approximate surface area is 148 Å². The number of ether oxygens (including phenoxy) is 2. The molecule has 1 heterocycles. The lowest BCUT2D eigenvalue weighted by molar-refractivity contribution is -0.129. The van der Waals surface area contributed by atoms with Crippen molar-refractivity contribution in [1.82, 2.24) is 0 Å². The number of cyclic esters (lactones) is 1. The van der Waals surface area contributed by atoms with Gasteiger partial charge in [-0.15, -0.1) is 0 Å². The molecule has 0 saturated carbocycles. The first-order chi connectivity index (χ1) is 11.7. The second-order valence-electron chi connectivity index (χ2n) is 4.95. The van der Waals surface area contributed by atoms with Gasteiger partial charge in [0.15, 0.2) is 5.70 Å².